The van der Waals surface area contributed by atoms with Gasteiger partial charge in [-0.1, -0.05) is 0 Å². The van der Waals surface area contributed by atoms with E-state index in [0.29, 0.717) is 22.6 Å². The summed E-state index contributed by atoms with van der Waals surface area (Å²) in [5.41, 5.74) is 3.90. The molecule has 0 aliphatic rings. The summed E-state index contributed by atoms with van der Waals surface area (Å²) >= 11 is 0. The number of hydrogen-bond donors (Lipinski definition) is 2. The summed E-state index contributed by atoms with van der Waals surface area (Å²) in [7, 11) is 0. The van der Waals surface area contributed by atoms with Gasteiger partial charge in [-0.3, -0.25) is 0 Å². The van der Waals surface area contributed by atoms with Crippen molar-refractivity contribution >= 4 is 22.7 Å². The van der Waals surface area contributed by atoms with Crippen LogP contribution in [0.3, 0.4) is 0 Å². The molecule has 0 saturated carbocycles. The minimum Gasteiger partial charge on any atom is -0.323 e. The van der Waals surface area contributed by atoms with Crippen LogP contribution in [0.5, 0.6) is 0 Å². The van der Waals surface area contributed by atoms with Gasteiger partial charge >= 0.3 is 0 Å². The Morgan fingerprint density at radius 2 is 1.90 bits per heavy atom. The molecular weight excluding hydrogens is 278 g/mol. The van der Waals surface area contributed by atoms with Gasteiger partial charge in [0.25, 0.3) is 0 Å². The average Bonchev–Trinajstić information content (AvgIpc) is 2.88. The minimum atomic E-state index is -0.946. The largest absolute Gasteiger partial charge is 0.323 e. The fraction of sp³-hybridized carbons (Fsp3) is 0.0769. The molecule has 6 nitrogen and oxygen atoms in total. The maximum Gasteiger partial charge on any atom is 0.222 e. The van der Waals surface area contributed by atoms with Crippen molar-refractivity contribution < 1.29 is 8.78 Å². The first-order chi connectivity index (χ1) is 10.1. The zero-order chi connectivity index (χ0) is 14.8. The topological polar surface area (TPSA) is 78.9 Å². The molecule has 0 aliphatic heterocycles. The lowest BCUT2D eigenvalue weighted by Gasteiger charge is -1.98. The Labute approximate surface area is 118 Å². The van der Waals surface area contributed by atoms with Crippen molar-refractivity contribution in [3.05, 3.63) is 48.1 Å². The third kappa shape index (κ3) is 2.69. The molecule has 2 N–H and O–H groups in total. The lowest BCUT2D eigenvalue weighted by atomic mass is 10.3. The molecule has 3 rings (SSSR count). The summed E-state index contributed by atoms with van der Waals surface area (Å²) in [5.74, 6) is -1.14. The van der Waals surface area contributed by atoms with Crippen molar-refractivity contribution in [1.82, 2.24) is 19.9 Å². The summed E-state index contributed by atoms with van der Waals surface area (Å²) in [6.45, 7) is 1.73. The van der Waals surface area contributed by atoms with E-state index in [1.54, 1.807) is 25.4 Å². The predicted octanol–water partition coefficient (Wildman–Crippen LogP) is 2.47. The molecule has 1 aromatic carbocycles. The number of H-pyrrole nitrogens is 1. The first kappa shape index (κ1) is 13.1. The van der Waals surface area contributed by atoms with Crippen LogP contribution in [0.4, 0.5) is 14.7 Å². The van der Waals surface area contributed by atoms with Gasteiger partial charge in [-0.15, -0.1) is 0 Å². The molecular formula is C13H10F2N6. The Morgan fingerprint density at radius 1 is 1.19 bits per heavy atom. The van der Waals surface area contributed by atoms with Gasteiger partial charge < -0.3 is 4.98 Å². The molecule has 0 radical (unpaired) electrons. The molecule has 0 aliphatic carbocycles. The van der Waals surface area contributed by atoms with Crippen molar-refractivity contribution in [2.45, 2.75) is 6.92 Å². The lowest BCUT2D eigenvalue weighted by molar-refractivity contribution is 0.510. The minimum absolute atomic E-state index is 0.269. The first-order valence-electron chi connectivity index (χ1n) is 6.06. The highest BCUT2D eigenvalue weighted by molar-refractivity contribution is 5.95. The highest BCUT2D eigenvalue weighted by Gasteiger charge is 2.08. The van der Waals surface area contributed by atoms with Gasteiger partial charge in [-0.2, -0.15) is 5.10 Å². The van der Waals surface area contributed by atoms with Crippen LogP contribution in [-0.2, 0) is 0 Å². The second-order valence-electron chi connectivity index (χ2n) is 4.25. The van der Waals surface area contributed by atoms with Crippen molar-refractivity contribution in [3.63, 3.8) is 0 Å². The number of anilines is 1. The van der Waals surface area contributed by atoms with Crippen LogP contribution in [0, 0.1) is 11.6 Å². The Kier molecular flexibility index (Phi) is 3.27. The number of aromatic amines is 1. The van der Waals surface area contributed by atoms with Crippen molar-refractivity contribution in [3.8, 4) is 0 Å². The number of hydrazone groups is 1. The second kappa shape index (κ2) is 5.23. The van der Waals surface area contributed by atoms with Gasteiger partial charge in [0.05, 0.1) is 11.0 Å². The van der Waals surface area contributed by atoms with Crippen molar-refractivity contribution in [2.24, 2.45) is 5.10 Å². The van der Waals surface area contributed by atoms with E-state index in [1.807, 2.05) is 0 Å². The monoisotopic (exact) mass is 288 g/mol. The van der Waals surface area contributed by atoms with E-state index in [4.69, 9.17) is 0 Å². The summed E-state index contributed by atoms with van der Waals surface area (Å²) in [4.78, 5) is 14.9. The molecule has 106 valence electrons. The molecule has 3 aromatic rings. The molecule has 8 heteroatoms. The van der Waals surface area contributed by atoms with E-state index >= 15 is 0 Å². The van der Waals surface area contributed by atoms with E-state index < -0.39 is 11.6 Å². The SMILES string of the molecule is C/C(=N\Nc1nc2cc(F)c(F)cc2[nH]1)c1ncccn1. The average molecular weight is 288 g/mol. The third-order valence-corrected chi connectivity index (χ3v) is 2.74. The highest BCUT2D eigenvalue weighted by Crippen LogP contribution is 2.18. The van der Waals surface area contributed by atoms with E-state index in [0.717, 1.165) is 12.1 Å². The summed E-state index contributed by atoms with van der Waals surface area (Å²) in [6, 6.07) is 3.76. The molecule has 0 spiro atoms. The van der Waals surface area contributed by atoms with E-state index in [-0.39, 0.29) is 5.95 Å². The van der Waals surface area contributed by atoms with Crippen LogP contribution in [0.15, 0.2) is 35.7 Å². The third-order valence-electron chi connectivity index (χ3n) is 2.74. The smallest absolute Gasteiger partial charge is 0.222 e. The number of benzene rings is 1. The maximum absolute atomic E-state index is 13.1. The Bertz CT molecular complexity index is 773. The number of hydrogen-bond acceptors (Lipinski definition) is 5. The van der Waals surface area contributed by atoms with Gasteiger partial charge in [0.15, 0.2) is 17.5 Å². The van der Waals surface area contributed by atoms with Gasteiger partial charge in [-0.25, -0.2) is 29.2 Å². The Morgan fingerprint density at radius 3 is 2.67 bits per heavy atom. The number of fused-ring (bicyclic) bond motifs is 1. The van der Waals surface area contributed by atoms with Crippen LogP contribution >= 0.6 is 0 Å². The highest BCUT2D eigenvalue weighted by atomic mass is 19.2. The van der Waals surface area contributed by atoms with Crippen molar-refractivity contribution in [1.29, 1.82) is 0 Å². The fourth-order valence-corrected chi connectivity index (χ4v) is 1.73. The quantitative estimate of drug-likeness (QED) is 0.573. The normalized spacial score (nSPS) is 11.9. The molecule has 21 heavy (non-hydrogen) atoms. The zero-order valence-electron chi connectivity index (χ0n) is 10.9. The van der Waals surface area contributed by atoms with Crippen LogP contribution in [0.1, 0.15) is 12.7 Å². The number of nitrogens with zero attached hydrogens (tertiary/aromatic N) is 4. The summed E-state index contributed by atoms with van der Waals surface area (Å²) in [6.07, 6.45) is 3.21. The molecule has 2 aromatic heterocycles. The maximum atomic E-state index is 13.1. The first-order valence-corrected chi connectivity index (χ1v) is 6.06. The molecule has 0 saturated heterocycles. The van der Waals surface area contributed by atoms with E-state index in [1.165, 1.54) is 0 Å². The summed E-state index contributed by atoms with van der Waals surface area (Å²) in [5, 5.41) is 4.07. The molecule has 0 atom stereocenters. The summed E-state index contributed by atoms with van der Waals surface area (Å²) < 4.78 is 26.2. The van der Waals surface area contributed by atoms with Crippen LogP contribution < -0.4 is 5.43 Å². The molecule has 2 heterocycles. The standard InChI is InChI=1S/C13H10F2N6/c1-7(12-16-3-2-4-17-12)20-21-13-18-10-5-8(14)9(15)6-11(10)19-13/h2-6H,1H3,(H2,18,19,21)/b20-7+. The zero-order valence-corrected chi connectivity index (χ0v) is 10.9. The molecule has 0 unspecified atom stereocenters. The number of halogens is 2. The van der Waals surface area contributed by atoms with E-state index in [9.17, 15) is 8.78 Å². The number of aromatic nitrogens is 4. The number of nitrogens with one attached hydrogen (secondary N) is 2. The fourth-order valence-electron chi connectivity index (χ4n) is 1.73. The lowest BCUT2D eigenvalue weighted by Crippen LogP contribution is -2.04. The molecule has 0 fully saturated rings. The van der Waals surface area contributed by atoms with Gasteiger partial charge in [-0.05, 0) is 13.0 Å². The van der Waals surface area contributed by atoms with Crippen LogP contribution in [0.2, 0.25) is 0 Å². The molecule has 0 bridgehead atoms. The van der Waals surface area contributed by atoms with Gasteiger partial charge in [0, 0.05) is 24.5 Å². The predicted molar refractivity (Wildman–Crippen MR) is 73.9 cm³/mol. The number of rotatable bonds is 3. The number of imidazole rings is 1. The van der Waals surface area contributed by atoms with Crippen LogP contribution in [0.25, 0.3) is 11.0 Å². The Hall–Kier alpha value is -2.90. The van der Waals surface area contributed by atoms with Crippen LogP contribution in [-0.4, -0.2) is 25.6 Å². The van der Waals surface area contributed by atoms with Gasteiger partial charge in [0.2, 0.25) is 5.95 Å². The Balaban J connectivity index is 1.85. The van der Waals surface area contributed by atoms with Gasteiger partial charge in [0.1, 0.15) is 5.71 Å². The van der Waals surface area contributed by atoms with Crippen molar-refractivity contribution in [2.75, 3.05) is 5.43 Å². The molecule has 0 amide bonds. The van der Waals surface area contributed by atoms with E-state index in [2.05, 4.69) is 30.5 Å². The second-order valence-corrected chi connectivity index (χ2v) is 4.25.